The third kappa shape index (κ3) is 3.79. The number of hydrogen-bond acceptors (Lipinski definition) is 5. The van der Waals surface area contributed by atoms with Crippen LogP contribution in [-0.2, 0) is 23.5 Å². The summed E-state index contributed by atoms with van der Waals surface area (Å²) in [6.07, 6.45) is 3.63. The molecule has 1 unspecified atom stereocenters. The van der Waals surface area contributed by atoms with Crippen molar-refractivity contribution in [1.29, 1.82) is 0 Å². The molecule has 3 atom stereocenters. The molecule has 1 saturated heterocycles. The van der Waals surface area contributed by atoms with E-state index < -0.39 is 16.2 Å². The van der Waals surface area contributed by atoms with Gasteiger partial charge in [-0.3, -0.25) is 0 Å². The van der Waals surface area contributed by atoms with Crippen molar-refractivity contribution in [2.75, 3.05) is 18.8 Å². The van der Waals surface area contributed by atoms with Crippen LogP contribution in [0.2, 0.25) is 0 Å². The molecule has 0 spiro atoms. The highest BCUT2D eigenvalue weighted by Gasteiger charge is 2.36. The first-order valence-corrected chi connectivity index (χ1v) is 11.8. The van der Waals surface area contributed by atoms with Gasteiger partial charge in [0.25, 0.3) is 0 Å². The topological polar surface area (TPSA) is 64.4 Å². The minimum atomic E-state index is -3.71. The van der Waals surface area contributed by atoms with Gasteiger partial charge < -0.3 is 9.30 Å². The molecular formula is C19H24FN3O3S2. The molecule has 1 fully saturated rings. The lowest BCUT2D eigenvalue weighted by Crippen LogP contribution is -2.45. The fourth-order valence-corrected chi connectivity index (χ4v) is 6.36. The molecule has 4 rings (SSSR count). The maximum Gasteiger partial charge on any atom is 0.243 e. The Hall–Kier alpha value is -1.58. The summed E-state index contributed by atoms with van der Waals surface area (Å²) in [5.74, 6) is 1.15. The molecule has 0 bridgehead atoms. The van der Waals surface area contributed by atoms with Gasteiger partial charge in [0.05, 0.1) is 4.90 Å². The van der Waals surface area contributed by atoms with Crippen LogP contribution in [0.5, 0.6) is 5.75 Å². The van der Waals surface area contributed by atoms with Gasteiger partial charge in [0.15, 0.2) is 5.16 Å². The SMILES string of the molecule is CC1Cc2cc(S(=O)(=O)N3CC[C@@H](CSc4nccn4C)[C@H](F)C3)ccc2O1. The number of thioether (sulfide) groups is 1. The highest BCUT2D eigenvalue weighted by Crippen LogP contribution is 2.34. The van der Waals surface area contributed by atoms with E-state index in [2.05, 4.69) is 4.98 Å². The van der Waals surface area contributed by atoms with Crippen molar-refractivity contribution in [1.82, 2.24) is 13.9 Å². The van der Waals surface area contributed by atoms with Crippen LogP contribution in [0.15, 0.2) is 40.6 Å². The highest BCUT2D eigenvalue weighted by atomic mass is 32.2. The molecule has 9 heteroatoms. The zero-order valence-electron chi connectivity index (χ0n) is 15.9. The largest absolute Gasteiger partial charge is 0.490 e. The molecule has 1 aromatic carbocycles. The van der Waals surface area contributed by atoms with E-state index >= 15 is 0 Å². The van der Waals surface area contributed by atoms with Crippen molar-refractivity contribution in [2.45, 2.75) is 42.1 Å². The average Bonchev–Trinajstić information content (AvgIpc) is 3.24. The highest BCUT2D eigenvalue weighted by molar-refractivity contribution is 7.99. The Morgan fingerprint density at radius 2 is 2.21 bits per heavy atom. The maximum atomic E-state index is 14.8. The maximum absolute atomic E-state index is 14.8. The number of rotatable bonds is 5. The zero-order valence-corrected chi connectivity index (χ0v) is 17.5. The number of fused-ring (bicyclic) bond motifs is 1. The van der Waals surface area contributed by atoms with Crippen LogP contribution in [-0.4, -0.2) is 53.4 Å². The number of imidazole rings is 1. The molecule has 6 nitrogen and oxygen atoms in total. The molecule has 0 amide bonds. The third-order valence-corrected chi connectivity index (χ3v) is 8.46. The van der Waals surface area contributed by atoms with Crippen LogP contribution in [0.25, 0.3) is 0 Å². The van der Waals surface area contributed by atoms with Crippen LogP contribution in [0.1, 0.15) is 18.9 Å². The molecule has 0 radical (unpaired) electrons. The zero-order chi connectivity index (χ0) is 19.9. The molecule has 152 valence electrons. The lowest BCUT2D eigenvalue weighted by Gasteiger charge is -2.33. The summed E-state index contributed by atoms with van der Waals surface area (Å²) in [5.41, 5.74) is 0.895. The van der Waals surface area contributed by atoms with Crippen molar-refractivity contribution in [3.63, 3.8) is 0 Å². The number of piperidine rings is 1. The molecule has 2 aliphatic rings. The Kier molecular flexibility index (Phi) is 5.41. The van der Waals surface area contributed by atoms with Crippen molar-refractivity contribution in [3.05, 3.63) is 36.2 Å². The number of ether oxygens (including phenoxy) is 1. The minimum absolute atomic E-state index is 0.0511. The smallest absolute Gasteiger partial charge is 0.243 e. The predicted octanol–water partition coefficient (Wildman–Crippen LogP) is 2.88. The van der Waals surface area contributed by atoms with E-state index in [0.717, 1.165) is 16.5 Å². The second kappa shape index (κ2) is 7.68. The summed E-state index contributed by atoms with van der Waals surface area (Å²) in [4.78, 5) is 4.46. The van der Waals surface area contributed by atoms with E-state index in [1.807, 2.05) is 24.7 Å². The molecule has 2 aromatic rings. The number of benzene rings is 1. The number of aromatic nitrogens is 2. The fraction of sp³-hybridized carbons (Fsp3) is 0.526. The number of halogens is 1. The molecule has 3 heterocycles. The Labute approximate surface area is 169 Å². The summed E-state index contributed by atoms with van der Waals surface area (Å²) in [5, 5.41) is 0.844. The van der Waals surface area contributed by atoms with Crippen LogP contribution in [0.3, 0.4) is 0 Å². The second-order valence-electron chi connectivity index (χ2n) is 7.46. The van der Waals surface area contributed by atoms with Crippen LogP contribution in [0, 0.1) is 5.92 Å². The number of aryl methyl sites for hydroxylation is 1. The van der Waals surface area contributed by atoms with Crippen LogP contribution < -0.4 is 4.74 Å². The molecule has 0 aliphatic carbocycles. The molecule has 2 aliphatic heterocycles. The lowest BCUT2D eigenvalue weighted by atomic mass is 9.98. The number of hydrogen-bond donors (Lipinski definition) is 0. The normalized spacial score (nSPS) is 25.5. The van der Waals surface area contributed by atoms with Crippen molar-refractivity contribution in [3.8, 4) is 5.75 Å². The standard InChI is InChI=1S/C19H24FN3O3S2/c1-13-9-15-10-16(3-4-18(15)26-13)28(24,25)23-7-5-14(17(20)11-23)12-27-19-21-6-8-22(19)2/h3-4,6,8,10,13-14,17H,5,7,9,11-12H2,1-2H3/t13?,14-,17+/m0/s1. The van der Waals surface area contributed by atoms with Crippen molar-refractivity contribution < 1.29 is 17.5 Å². The first kappa shape index (κ1) is 19.7. The number of sulfonamides is 1. The Morgan fingerprint density at radius 3 is 2.93 bits per heavy atom. The molecule has 28 heavy (non-hydrogen) atoms. The molecule has 0 N–H and O–H groups in total. The minimum Gasteiger partial charge on any atom is -0.490 e. The van der Waals surface area contributed by atoms with Crippen LogP contribution >= 0.6 is 11.8 Å². The fourth-order valence-electron chi connectivity index (χ4n) is 3.71. The van der Waals surface area contributed by atoms with Gasteiger partial charge >= 0.3 is 0 Å². The van der Waals surface area contributed by atoms with Gasteiger partial charge in [0.2, 0.25) is 10.0 Å². The number of nitrogens with zero attached hydrogens (tertiary/aromatic N) is 3. The second-order valence-corrected chi connectivity index (χ2v) is 10.4. The summed E-state index contributed by atoms with van der Waals surface area (Å²) in [7, 11) is -1.81. The molecule has 0 saturated carbocycles. The van der Waals surface area contributed by atoms with Gasteiger partial charge in [-0.2, -0.15) is 4.31 Å². The Balaban J connectivity index is 1.42. The van der Waals surface area contributed by atoms with E-state index in [1.165, 1.54) is 16.1 Å². The van der Waals surface area contributed by atoms with E-state index in [-0.39, 0.29) is 23.5 Å². The van der Waals surface area contributed by atoms with Crippen molar-refractivity contribution in [2.24, 2.45) is 13.0 Å². The van der Waals surface area contributed by atoms with Gasteiger partial charge in [-0.1, -0.05) is 11.8 Å². The lowest BCUT2D eigenvalue weighted by molar-refractivity contribution is 0.146. The van der Waals surface area contributed by atoms with Gasteiger partial charge in [0.1, 0.15) is 18.0 Å². The Morgan fingerprint density at radius 1 is 1.39 bits per heavy atom. The Bertz CT molecular complexity index is 963. The van der Waals surface area contributed by atoms with Gasteiger partial charge in [0, 0.05) is 50.6 Å². The van der Waals surface area contributed by atoms with Crippen molar-refractivity contribution >= 4 is 21.8 Å². The monoisotopic (exact) mass is 425 g/mol. The summed E-state index contributed by atoms with van der Waals surface area (Å²) >= 11 is 1.51. The molecule has 1 aromatic heterocycles. The predicted molar refractivity (Wildman–Crippen MR) is 106 cm³/mol. The quantitative estimate of drug-likeness (QED) is 0.690. The van der Waals surface area contributed by atoms with Crippen LogP contribution in [0.4, 0.5) is 4.39 Å². The summed E-state index contributed by atoms with van der Waals surface area (Å²) in [6, 6.07) is 4.93. The van der Waals surface area contributed by atoms with Gasteiger partial charge in [-0.25, -0.2) is 17.8 Å². The van der Waals surface area contributed by atoms with E-state index in [1.54, 1.807) is 24.4 Å². The third-order valence-electron chi connectivity index (χ3n) is 5.35. The molecular weight excluding hydrogens is 401 g/mol. The van der Waals surface area contributed by atoms with E-state index in [9.17, 15) is 12.8 Å². The first-order valence-electron chi connectivity index (χ1n) is 9.38. The van der Waals surface area contributed by atoms with E-state index in [0.29, 0.717) is 25.1 Å². The van der Waals surface area contributed by atoms with Gasteiger partial charge in [-0.15, -0.1) is 0 Å². The number of alkyl halides is 1. The summed E-state index contributed by atoms with van der Waals surface area (Å²) < 4.78 is 49.6. The average molecular weight is 426 g/mol. The van der Waals surface area contributed by atoms with Gasteiger partial charge in [-0.05, 0) is 37.1 Å². The summed E-state index contributed by atoms with van der Waals surface area (Å²) in [6.45, 7) is 2.19. The first-order chi connectivity index (χ1) is 13.3. The van der Waals surface area contributed by atoms with E-state index in [4.69, 9.17) is 4.74 Å².